The zero-order valence-corrected chi connectivity index (χ0v) is 11.7. The van der Waals surface area contributed by atoms with Gasteiger partial charge in [-0.15, -0.1) is 0 Å². The molecule has 1 aliphatic heterocycles. The first-order valence-corrected chi connectivity index (χ1v) is 7.33. The third kappa shape index (κ3) is 3.30. The molecule has 2 aromatic rings. The Kier molecular flexibility index (Phi) is 4.19. The van der Waals surface area contributed by atoms with Crippen molar-refractivity contribution in [3.63, 3.8) is 0 Å². The quantitative estimate of drug-likeness (QED) is 0.928. The first-order chi connectivity index (χ1) is 9.81. The fourth-order valence-electron chi connectivity index (χ4n) is 2.77. The van der Waals surface area contributed by atoms with E-state index in [1.54, 1.807) is 6.07 Å². The zero-order valence-electron chi connectivity index (χ0n) is 11.7. The van der Waals surface area contributed by atoms with Crippen LogP contribution in [0.5, 0.6) is 5.75 Å². The molecule has 0 atom stereocenters. The number of benzene rings is 2. The second-order valence-corrected chi connectivity index (χ2v) is 5.42. The predicted molar refractivity (Wildman–Crippen MR) is 81.2 cm³/mol. The fraction of sp³-hybridized carbons (Fsp3) is 0.412. The lowest BCUT2D eigenvalue weighted by Crippen LogP contribution is -2.36. The van der Waals surface area contributed by atoms with Crippen LogP contribution in [0.15, 0.2) is 36.4 Å². The summed E-state index contributed by atoms with van der Waals surface area (Å²) >= 11 is 0. The number of aromatic hydroxyl groups is 1. The lowest BCUT2D eigenvalue weighted by atomic mass is 10.0. The summed E-state index contributed by atoms with van der Waals surface area (Å²) in [5.74, 6) is 0.331. The van der Waals surface area contributed by atoms with E-state index in [1.165, 1.54) is 17.4 Å². The van der Waals surface area contributed by atoms with E-state index in [0.717, 1.165) is 44.7 Å². The minimum Gasteiger partial charge on any atom is -0.508 e. The third-order valence-corrected chi connectivity index (χ3v) is 3.93. The Labute approximate surface area is 119 Å². The van der Waals surface area contributed by atoms with Gasteiger partial charge in [0.15, 0.2) is 0 Å². The smallest absolute Gasteiger partial charge is 0.116 e. The Balaban J connectivity index is 1.58. The summed E-state index contributed by atoms with van der Waals surface area (Å²) in [4.78, 5) is 2.47. The molecule has 0 aromatic heterocycles. The van der Waals surface area contributed by atoms with Gasteiger partial charge >= 0.3 is 0 Å². The van der Waals surface area contributed by atoms with Crippen molar-refractivity contribution in [1.29, 1.82) is 0 Å². The Morgan fingerprint density at radius 1 is 1.00 bits per heavy atom. The van der Waals surface area contributed by atoms with Crippen LogP contribution in [0.2, 0.25) is 0 Å². The molecule has 3 heteroatoms. The molecule has 0 spiro atoms. The summed E-state index contributed by atoms with van der Waals surface area (Å²) in [5.41, 5.74) is 1.37. The number of nitrogens with zero attached hydrogens (tertiary/aromatic N) is 1. The highest BCUT2D eigenvalue weighted by Gasteiger charge is 2.09. The van der Waals surface area contributed by atoms with Crippen LogP contribution in [0.4, 0.5) is 0 Å². The molecule has 1 fully saturated rings. The van der Waals surface area contributed by atoms with Crippen molar-refractivity contribution in [1.82, 2.24) is 4.90 Å². The highest BCUT2D eigenvalue weighted by atomic mass is 16.5. The molecular weight excluding hydrogens is 250 g/mol. The summed E-state index contributed by atoms with van der Waals surface area (Å²) in [6, 6.07) is 12.0. The first-order valence-electron chi connectivity index (χ1n) is 7.33. The van der Waals surface area contributed by atoms with Crippen LogP contribution < -0.4 is 0 Å². The van der Waals surface area contributed by atoms with Gasteiger partial charge in [-0.05, 0) is 47.9 Å². The normalized spacial score (nSPS) is 16.6. The molecule has 1 heterocycles. The van der Waals surface area contributed by atoms with E-state index in [4.69, 9.17) is 4.74 Å². The minimum atomic E-state index is 0.331. The summed E-state index contributed by atoms with van der Waals surface area (Å²) < 4.78 is 5.36. The van der Waals surface area contributed by atoms with Crippen molar-refractivity contribution in [3.8, 4) is 5.75 Å². The topological polar surface area (TPSA) is 32.7 Å². The molecule has 1 aliphatic rings. The second-order valence-electron chi connectivity index (χ2n) is 5.42. The Morgan fingerprint density at radius 2 is 1.75 bits per heavy atom. The molecule has 106 valence electrons. The van der Waals surface area contributed by atoms with Crippen LogP contribution in [0.25, 0.3) is 10.8 Å². The number of phenols is 1. The number of phenolic OH excluding ortho intramolecular Hbond substituents is 1. The van der Waals surface area contributed by atoms with Gasteiger partial charge in [0.25, 0.3) is 0 Å². The number of rotatable bonds is 4. The van der Waals surface area contributed by atoms with E-state index in [1.807, 2.05) is 12.1 Å². The molecule has 20 heavy (non-hydrogen) atoms. The number of morpholine rings is 1. The Hall–Kier alpha value is -1.58. The van der Waals surface area contributed by atoms with Gasteiger partial charge < -0.3 is 9.84 Å². The third-order valence-electron chi connectivity index (χ3n) is 3.93. The molecule has 0 bridgehead atoms. The van der Waals surface area contributed by atoms with E-state index in [-0.39, 0.29) is 0 Å². The molecule has 0 radical (unpaired) electrons. The van der Waals surface area contributed by atoms with Crippen LogP contribution >= 0.6 is 0 Å². The maximum absolute atomic E-state index is 9.47. The summed E-state index contributed by atoms with van der Waals surface area (Å²) in [7, 11) is 0. The molecule has 0 saturated carbocycles. The molecule has 3 nitrogen and oxygen atoms in total. The van der Waals surface area contributed by atoms with E-state index in [2.05, 4.69) is 23.1 Å². The van der Waals surface area contributed by atoms with E-state index in [0.29, 0.717) is 5.75 Å². The minimum absolute atomic E-state index is 0.331. The average molecular weight is 271 g/mol. The highest BCUT2D eigenvalue weighted by molar-refractivity contribution is 5.84. The molecule has 0 aliphatic carbocycles. The maximum Gasteiger partial charge on any atom is 0.116 e. The summed E-state index contributed by atoms with van der Waals surface area (Å²) in [5, 5.41) is 11.8. The van der Waals surface area contributed by atoms with Crippen molar-refractivity contribution >= 4 is 10.8 Å². The van der Waals surface area contributed by atoms with Crippen molar-refractivity contribution in [3.05, 3.63) is 42.0 Å². The van der Waals surface area contributed by atoms with Gasteiger partial charge in [0, 0.05) is 13.1 Å². The van der Waals surface area contributed by atoms with Crippen LogP contribution in [0.1, 0.15) is 12.0 Å². The summed E-state index contributed by atoms with van der Waals surface area (Å²) in [6.07, 6.45) is 2.29. The lowest BCUT2D eigenvalue weighted by molar-refractivity contribution is 0.0375. The number of fused-ring (bicyclic) bond motifs is 1. The van der Waals surface area contributed by atoms with Crippen molar-refractivity contribution in [2.75, 3.05) is 32.8 Å². The van der Waals surface area contributed by atoms with Crippen molar-refractivity contribution in [2.24, 2.45) is 0 Å². The molecule has 0 amide bonds. The summed E-state index contributed by atoms with van der Waals surface area (Å²) in [6.45, 7) is 5.03. The van der Waals surface area contributed by atoms with Gasteiger partial charge in [-0.25, -0.2) is 0 Å². The molecule has 3 rings (SSSR count). The van der Waals surface area contributed by atoms with Gasteiger partial charge in [0.1, 0.15) is 5.75 Å². The number of ether oxygens (including phenoxy) is 1. The van der Waals surface area contributed by atoms with Gasteiger partial charge in [-0.2, -0.15) is 0 Å². The predicted octanol–water partition coefficient (Wildman–Crippen LogP) is 2.81. The van der Waals surface area contributed by atoms with Gasteiger partial charge in [0.2, 0.25) is 0 Å². The number of hydrogen-bond donors (Lipinski definition) is 1. The Morgan fingerprint density at radius 3 is 2.60 bits per heavy atom. The van der Waals surface area contributed by atoms with Crippen LogP contribution in [0.3, 0.4) is 0 Å². The fourth-order valence-corrected chi connectivity index (χ4v) is 2.77. The lowest BCUT2D eigenvalue weighted by Gasteiger charge is -2.26. The standard InChI is InChI=1S/C17H21NO2/c19-17-6-5-15-12-14(3-4-16(15)13-17)2-1-7-18-8-10-20-11-9-18/h3-6,12-13,19H,1-2,7-11H2. The van der Waals surface area contributed by atoms with Crippen molar-refractivity contribution < 1.29 is 9.84 Å². The second kappa shape index (κ2) is 6.25. The van der Waals surface area contributed by atoms with Crippen LogP contribution in [-0.2, 0) is 11.2 Å². The van der Waals surface area contributed by atoms with Gasteiger partial charge in [-0.1, -0.05) is 24.3 Å². The molecule has 1 N–H and O–H groups in total. The Bertz CT molecular complexity index is 576. The van der Waals surface area contributed by atoms with Gasteiger partial charge in [-0.3, -0.25) is 4.90 Å². The first kappa shape index (κ1) is 13.4. The van der Waals surface area contributed by atoms with Crippen LogP contribution in [-0.4, -0.2) is 42.9 Å². The maximum atomic E-state index is 9.47. The van der Waals surface area contributed by atoms with Gasteiger partial charge in [0.05, 0.1) is 13.2 Å². The van der Waals surface area contributed by atoms with Crippen molar-refractivity contribution in [2.45, 2.75) is 12.8 Å². The number of hydrogen-bond acceptors (Lipinski definition) is 3. The number of aryl methyl sites for hydroxylation is 1. The molecule has 2 aromatic carbocycles. The highest BCUT2D eigenvalue weighted by Crippen LogP contribution is 2.21. The average Bonchev–Trinajstić information content (AvgIpc) is 2.48. The van der Waals surface area contributed by atoms with E-state index < -0.39 is 0 Å². The van der Waals surface area contributed by atoms with E-state index >= 15 is 0 Å². The SMILES string of the molecule is Oc1ccc2cc(CCCN3CCOCC3)ccc2c1. The molecule has 0 unspecified atom stereocenters. The molecular formula is C17H21NO2. The zero-order chi connectivity index (χ0) is 13.8. The molecule has 1 saturated heterocycles. The monoisotopic (exact) mass is 271 g/mol. The van der Waals surface area contributed by atoms with E-state index in [9.17, 15) is 5.11 Å². The van der Waals surface area contributed by atoms with Crippen LogP contribution in [0, 0.1) is 0 Å². The largest absolute Gasteiger partial charge is 0.508 e.